The summed E-state index contributed by atoms with van der Waals surface area (Å²) >= 11 is 22.2. The topological polar surface area (TPSA) is 36.7 Å². The molecule has 12 heavy (non-hydrogen) atoms. The first-order valence-electron chi connectivity index (χ1n) is 2.53. The minimum absolute atomic E-state index is 0.163. The van der Waals surface area contributed by atoms with E-state index in [9.17, 15) is 0 Å². The van der Waals surface area contributed by atoms with E-state index in [4.69, 9.17) is 51.7 Å². The van der Waals surface area contributed by atoms with Gasteiger partial charge in [0.25, 0.3) is 0 Å². The van der Waals surface area contributed by atoms with E-state index in [-0.39, 0.29) is 15.2 Å². The molecular formula is C6H2Cl4N2. The summed E-state index contributed by atoms with van der Waals surface area (Å²) in [6.45, 7) is 3.50. The average Bonchev–Trinajstić information content (AvgIpc) is 2.12. The third-order valence-corrected chi connectivity index (χ3v) is 2.50. The number of pyridine rings is 1. The van der Waals surface area contributed by atoms with Gasteiger partial charge in [0.15, 0.2) is 0 Å². The van der Waals surface area contributed by atoms with Gasteiger partial charge in [0.05, 0.1) is 15.1 Å². The fourth-order valence-corrected chi connectivity index (χ4v) is 1.09. The molecule has 0 aromatic carbocycles. The Balaban J connectivity index is 0.000000561. The Hall–Kier alpha value is -0.200. The van der Waals surface area contributed by atoms with Crippen molar-refractivity contribution in [1.82, 2.24) is 4.98 Å². The lowest BCUT2D eigenvalue weighted by Crippen LogP contribution is -1.78. The Morgan fingerprint density at radius 3 is 2.00 bits per heavy atom. The summed E-state index contributed by atoms with van der Waals surface area (Å²) in [5, 5.41) is 7.39. The third-order valence-electron chi connectivity index (χ3n) is 0.875. The maximum absolute atomic E-state index is 6.50. The Kier molecular flexibility index (Phi) is 5.36. The molecule has 64 valence electrons. The van der Waals surface area contributed by atoms with Crippen molar-refractivity contribution < 1.29 is 0 Å². The molecule has 0 radical (unpaired) electrons. The second kappa shape index (κ2) is 5.45. The molecule has 1 aromatic rings. The number of nitriles is 1. The predicted molar refractivity (Wildman–Crippen MR) is 50.9 cm³/mol. The van der Waals surface area contributed by atoms with Crippen molar-refractivity contribution in [3.05, 3.63) is 26.4 Å². The second-order valence-corrected chi connectivity index (χ2v) is 3.05. The van der Waals surface area contributed by atoms with Gasteiger partial charge in [0.2, 0.25) is 0 Å². The summed E-state index contributed by atoms with van der Waals surface area (Å²) in [4.78, 5) is 3.66. The number of halogens is 4. The quantitative estimate of drug-likeness (QED) is 0.650. The van der Waals surface area contributed by atoms with Crippen molar-refractivity contribution in [3.63, 3.8) is 0 Å². The Bertz CT molecular complexity index is 270. The smallest absolute Gasteiger partial charge is 0.149 e. The Morgan fingerprint density at radius 1 is 1.08 bits per heavy atom. The van der Waals surface area contributed by atoms with Gasteiger partial charge in [0, 0.05) is 12.8 Å². The molecule has 0 aliphatic carbocycles. The van der Waals surface area contributed by atoms with Crippen molar-refractivity contribution in [2.24, 2.45) is 0 Å². The molecule has 0 N–H and O–H groups in total. The van der Waals surface area contributed by atoms with Gasteiger partial charge >= 0.3 is 0 Å². The SMILES string of the molecule is C#N.Clc1cnc(Cl)c(Cl)c1Cl. The third kappa shape index (κ3) is 2.69. The molecule has 0 bridgehead atoms. The number of rotatable bonds is 0. The minimum Gasteiger partial charge on any atom is -0.241 e. The number of hydrogen-bond donors (Lipinski definition) is 0. The van der Waals surface area contributed by atoms with Gasteiger partial charge in [-0.05, 0) is 0 Å². The first-order chi connectivity index (χ1) is 5.63. The monoisotopic (exact) mass is 242 g/mol. The highest BCUT2D eigenvalue weighted by Gasteiger charge is 2.06. The molecule has 6 heteroatoms. The van der Waals surface area contributed by atoms with Crippen molar-refractivity contribution >= 4 is 46.4 Å². The minimum atomic E-state index is 0.163. The van der Waals surface area contributed by atoms with E-state index in [0.717, 1.165) is 0 Å². The van der Waals surface area contributed by atoms with Crippen molar-refractivity contribution in [3.8, 4) is 6.57 Å². The standard InChI is InChI=1S/C5HCl4N.CHN/c6-2-1-10-5(9)4(8)3(2)7;1-2/h1H;1H. The van der Waals surface area contributed by atoms with Crippen LogP contribution in [-0.4, -0.2) is 4.98 Å². The fourth-order valence-electron chi connectivity index (χ4n) is 0.422. The summed E-state index contributed by atoms with van der Waals surface area (Å²) in [6.07, 6.45) is 1.35. The van der Waals surface area contributed by atoms with Crippen LogP contribution in [-0.2, 0) is 0 Å². The summed E-state index contributed by atoms with van der Waals surface area (Å²) in [5.41, 5.74) is 0. The van der Waals surface area contributed by atoms with Crippen LogP contribution in [0.15, 0.2) is 6.20 Å². The zero-order valence-electron chi connectivity index (χ0n) is 5.56. The van der Waals surface area contributed by atoms with Gasteiger partial charge < -0.3 is 0 Å². The van der Waals surface area contributed by atoms with E-state index in [2.05, 4.69) is 11.6 Å². The van der Waals surface area contributed by atoms with Gasteiger partial charge in [-0.15, -0.1) is 0 Å². The van der Waals surface area contributed by atoms with Crippen LogP contribution in [0.2, 0.25) is 20.2 Å². The lowest BCUT2D eigenvalue weighted by molar-refractivity contribution is 1.33. The van der Waals surface area contributed by atoms with Crippen molar-refractivity contribution in [2.75, 3.05) is 0 Å². The van der Waals surface area contributed by atoms with Gasteiger partial charge in [-0.3, -0.25) is 0 Å². The molecule has 2 nitrogen and oxygen atoms in total. The van der Waals surface area contributed by atoms with E-state index in [1.807, 2.05) is 0 Å². The zero-order valence-corrected chi connectivity index (χ0v) is 8.58. The van der Waals surface area contributed by atoms with Crippen LogP contribution in [0, 0.1) is 11.8 Å². The lowest BCUT2D eigenvalue weighted by atomic mass is 10.5. The number of hydrogen-bond acceptors (Lipinski definition) is 2. The predicted octanol–water partition coefficient (Wildman–Crippen LogP) is 3.83. The molecule has 0 saturated heterocycles. The van der Waals surface area contributed by atoms with Crippen LogP contribution >= 0.6 is 46.4 Å². The lowest BCUT2D eigenvalue weighted by Gasteiger charge is -1.97. The van der Waals surface area contributed by atoms with Crippen LogP contribution in [0.1, 0.15) is 0 Å². The summed E-state index contributed by atoms with van der Waals surface area (Å²) in [7, 11) is 0. The van der Waals surface area contributed by atoms with Gasteiger partial charge in [-0.1, -0.05) is 46.4 Å². The average molecular weight is 244 g/mol. The highest BCUT2D eigenvalue weighted by atomic mass is 35.5. The van der Waals surface area contributed by atoms with Crippen LogP contribution in [0.4, 0.5) is 0 Å². The van der Waals surface area contributed by atoms with Crippen LogP contribution in [0.3, 0.4) is 0 Å². The highest BCUT2D eigenvalue weighted by Crippen LogP contribution is 2.33. The van der Waals surface area contributed by atoms with Crippen LogP contribution in [0.5, 0.6) is 0 Å². The van der Waals surface area contributed by atoms with E-state index in [1.165, 1.54) is 6.20 Å². The van der Waals surface area contributed by atoms with Gasteiger partial charge in [-0.25, -0.2) is 10.2 Å². The molecule has 0 atom stereocenters. The van der Waals surface area contributed by atoms with E-state index in [0.29, 0.717) is 5.02 Å². The van der Waals surface area contributed by atoms with Crippen LogP contribution < -0.4 is 0 Å². The molecule has 1 aromatic heterocycles. The molecule has 0 aliphatic rings. The maximum Gasteiger partial charge on any atom is 0.149 e. The molecule has 1 rings (SSSR count). The molecular weight excluding hydrogens is 242 g/mol. The summed E-state index contributed by atoms with van der Waals surface area (Å²) < 4.78 is 0. The normalized spacial score (nSPS) is 8.50. The number of aromatic nitrogens is 1. The highest BCUT2D eigenvalue weighted by molar-refractivity contribution is 6.51. The summed E-state index contributed by atoms with van der Waals surface area (Å²) in [5.74, 6) is 0. The van der Waals surface area contributed by atoms with Crippen LogP contribution in [0.25, 0.3) is 0 Å². The molecule has 0 spiro atoms. The first-order valence-corrected chi connectivity index (χ1v) is 4.05. The molecule has 0 fully saturated rings. The molecule has 0 saturated carbocycles. The van der Waals surface area contributed by atoms with E-state index >= 15 is 0 Å². The zero-order chi connectivity index (χ0) is 9.72. The van der Waals surface area contributed by atoms with Gasteiger partial charge in [0.1, 0.15) is 5.15 Å². The largest absolute Gasteiger partial charge is 0.241 e. The second-order valence-electron chi connectivity index (χ2n) is 1.52. The molecule has 0 amide bonds. The first kappa shape index (κ1) is 11.8. The van der Waals surface area contributed by atoms with Crippen molar-refractivity contribution in [2.45, 2.75) is 0 Å². The maximum atomic E-state index is 6.50. The fraction of sp³-hybridized carbons (Fsp3) is 0. The van der Waals surface area contributed by atoms with E-state index < -0.39 is 0 Å². The molecule has 0 unspecified atom stereocenters. The molecule has 0 aliphatic heterocycles. The molecule has 1 heterocycles. The Labute approximate surface area is 89.6 Å². The van der Waals surface area contributed by atoms with E-state index in [1.54, 1.807) is 0 Å². The number of nitrogens with zero attached hydrogens (tertiary/aromatic N) is 2. The Morgan fingerprint density at radius 2 is 1.58 bits per heavy atom. The van der Waals surface area contributed by atoms with Gasteiger partial charge in [-0.2, -0.15) is 0 Å². The summed E-state index contributed by atoms with van der Waals surface area (Å²) in [6, 6.07) is 0. The van der Waals surface area contributed by atoms with Crippen molar-refractivity contribution in [1.29, 1.82) is 5.26 Å².